The third-order valence-electron chi connectivity index (χ3n) is 1.95. The Morgan fingerprint density at radius 3 is 2.71 bits per heavy atom. The molecule has 0 saturated heterocycles. The van der Waals surface area contributed by atoms with Crippen molar-refractivity contribution in [2.75, 3.05) is 24.3 Å². The molecule has 1 aromatic rings. The molecular weight excluding hydrogens is 243 g/mol. The van der Waals surface area contributed by atoms with Crippen LogP contribution in [0.4, 0.5) is 15.1 Å². The predicted octanol–water partition coefficient (Wildman–Crippen LogP) is 2.70. The van der Waals surface area contributed by atoms with E-state index in [1.165, 1.54) is 18.3 Å². The van der Waals surface area contributed by atoms with Crippen molar-refractivity contribution in [1.82, 2.24) is 0 Å². The van der Waals surface area contributed by atoms with Crippen molar-refractivity contribution >= 4 is 27.8 Å². The van der Waals surface area contributed by atoms with Gasteiger partial charge in [0, 0.05) is 13.5 Å². The summed E-state index contributed by atoms with van der Waals surface area (Å²) >= 11 is 1.20. The number of halogens is 1. The number of hydrogen-bond acceptors (Lipinski definition) is 5. The number of anilines is 2. The summed E-state index contributed by atoms with van der Waals surface area (Å²) < 4.78 is 17.7. The van der Waals surface area contributed by atoms with Crippen LogP contribution in [0.15, 0.2) is 0 Å². The molecule has 0 fully saturated rings. The Kier molecular flexibility index (Phi) is 4.74. The maximum atomic E-state index is 12.1. The highest BCUT2D eigenvalue weighted by molar-refractivity contribution is 7.19. The summed E-state index contributed by atoms with van der Waals surface area (Å²) in [7, 11) is 0. The van der Waals surface area contributed by atoms with Gasteiger partial charge < -0.3 is 15.8 Å². The molecule has 0 spiro atoms. The molecule has 1 heterocycles. The van der Waals surface area contributed by atoms with Crippen LogP contribution in [0.25, 0.3) is 0 Å². The largest absolute Gasteiger partial charge is 0.486 e. The fourth-order valence-corrected chi connectivity index (χ4v) is 2.30. The average molecular weight is 260 g/mol. The van der Waals surface area contributed by atoms with Gasteiger partial charge in [-0.15, -0.1) is 11.3 Å². The number of ether oxygens (including phenoxy) is 1. The number of carbonyl (C=O) groups excluding carboxylic acids is 1. The van der Waals surface area contributed by atoms with Gasteiger partial charge in [-0.25, -0.2) is 4.39 Å². The monoisotopic (exact) mass is 260 g/mol. The Morgan fingerprint density at radius 1 is 1.59 bits per heavy atom. The number of ketones is 1. The molecule has 1 aromatic heterocycles. The smallest absolute Gasteiger partial charge is 0.177 e. The van der Waals surface area contributed by atoms with E-state index in [9.17, 15) is 9.18 Å². The van der Waals surface area contributed by atoms with Crippen molar-refractivity contribution in [3.05, 3.63) is 4.88 Å². The van der Waals surface area contributed by atoms with Crippen LogP contribution in [0.1, 0.15) is 30.4 Å². The van der Waals surface area contributed by atoms with Gasteiger partial charge in [0.25, 0.3) is 0 Å². The van der Waals surface area contributed by atoms with E-state index in [1.807, 2.05) is 13.8 Å². The number of rotatable bonds is 6. The molecule has 1 rings (SSSR count). The maximum absolute atomic E-state index is 12.1. The minimum absolute atomic E-state index is 0.0577. The Labute approximate surface area is 104 Å². The number of nitrogens with two attached hydrogens (primary N) is 1. The number of Topliss-reactive ketones (excluding diaryl/α,β-unsaturated/α-hetero) is 1. The van der Waals surface area contributed by atoms with E-state index in [-0.39, 0.29) is 18.4 Å². The fourth-order valence-electron chi connectivity index (χ4n) is 1.32. The van der Waals surface area contributed by atoms with Crippen LogP contribution in [0.2, 0.25) is 0 Å². The summed E-state index contributed by atoms with van der Waals surface area (Å²) in [6, 6.07) is 0. The SMILES string of the molecule is CC(=O)c1sc(NCCF)c(OC(C)C)c1N. The number of alkyl halides is 1. The van der Waals surface area contributed by atoms with E-state index < -0.39 is 6.67 Å². The number of nitrogen functional groups attached to an aromatic ring is 1. The van der Waals surface area contributed by atoms with Crippen LogP contribution in [0, 0.1) is 0 Å². The molecule has 0 aliphatic rings. The highest BCUT2D eigenvalue weighted by atomic mass is 32.1. The standard InChI is InChI=1S/C11H17FN2O2S/c1-6(2)16-9-8(13)10(7(3)15)17-11(9)14-5-4-12/h6,14H,4-5,13H2,1-3H3. The first-order chi connectivity index (χ1) is 7.97. The molecule has 0 aromatic carbocycles. The van der Waals surface area contributed by atoms with Gasteiger partial charge >= 0.3 is 0 Å². The molecule has 0 aliphatic carbocycles. The topological polar surface area (TPSA) is 64.3 Å². The molecule has 0 amide bonds. The summed E-state index contributed by atoms with van der Waals surface area (Å²) in [6.07, 6.45) is -0.0577. The average Bonchev–Trinajstić information content (AvgIpc) is 2.53. The predicted molar refractivity (Wildman–Crippen MR) is 69.0 cm³/mol. The molecule has 6 heteroatoms. The molecule has 0 unspecified atom stereocenters. The van der Waals surface area contributed by atoms with Gasteiger partial charge in [0.15, 0.2) is 11.5 Å². The Balaban J connectivity index is 3.07. The van der Waals surface area contributed by atoms with E-state index in [1.54, 1.807) is 0 Å². The van der Waals surface area contributed by atoms with E-state index in [0.717, 1.165) is 0 Å². The zero-order valence-corrected chi connectivity index (χ0v) is 11.0. The minimum atomic E-state index is -0.492. The first-order valence-corrected chi connectivity index (χ1v) is 6.18. The third-order valence-corrected chi connectivity index (χ3v) is 3.20. The lowest BCUT2D eigenvalue weighted by Crippen LogP contribution is -2.09. The van der Waals surface area contributed by atoms with Crippen LogP contribution in [0.3, 0.4) is 0 Å². The first kappa shape index (κ1) is 13.8. The summed E-state index contributed by atoms with van der Waals surface area (Å²) in [4.78, 5) is 11.8. The first-order valence-electron chi connectivity index (χ1n) is 5.37. The lowest BCUT2D eigenvalue weighted by Gasteiger charge is -2.12. The van der Waals surface area contributed by atoms with Gasteiger partial charge in [0.2, 0.25) is 0 Å². The maximum Gasteiger partial charge on any atom is 0.177 e. The second kappa shape index (κ2) is 5.86. The second-order valence-corrected chi connectivity index (χ2v) is 4.86. The lowest BCUT2D eigenvalue weighted by atomic mass is 10.3. The second-order valence-electron chi connectivity index (χ2n) is 3.84. The van der Waals surface area contributed by atoms with Crippen LogP contribution in [-0.4, -0.2) is 25.1 Å². The highest BCUT2D eigenvalue weighted by Gasteiger charge is 2.20. The van der Waals surface area contributed by atoms with Crippen LogP contribution < -0.4 is 15.8 Å². The fraction of sp³-hybridized carbons (Fsp3) is 0.545. The number of nitrogens with one attached hydrogen (secondary N) is 1. The number of thiophene rings is 1. The van der Waals surface area contributed by atoms with E-state index >= 15 is 0 Å². The van der Waals surface area contributed by atoms with Gasteiger partial charge in [-0.1, -0.05) is 0 Å². The molecule has 96 valence electrons. The normalized spacial score (nSPS) is 10.6. The summed E-state index contributed by atoms with van der Waals surface area (Å²) in [5, 5.41) is 3.48. The van der Waals surface area contributed by atoms with Gasteiger partial charge in [-0.3, -0.25) is 4.79 Å². The highest BCUT2D eigenvalue weighted by Crippen LogP contribution is 2.43. The Hall–Kier alpha value is -1.30. The van der Waals surface area contributed by atoms with Gasteiger partial charge in [0.05, 0.1) is 16.7 Å². The van der Waals surface area contributed by atoms with E-state index in [2.05, 4.69) is 5.32 Å². The molecule has 17 heavy (non-hydrogen) atoms. The lowest BCUT2D eigenvalue weighted by molar-refractivity contribution is 0.102. The van der Waals surface area contributed by atoms with Gasteiger partial charge in [0.1, 0.15) is 11.7 Å². The molecule has 3 N–H and O–H groups in total. The van der Waals surface area contributed by atoms with Crippen molar-refractivity contribution < 1.29 is 13.9 Å². The molecule has 0 atom stereocenters. The minimum Gasteiger partial charge on any atom is -0.486 e. The molecular formula is C11H17FN2O2S. The number of hydrogen-bond donors (Lipinski definition) is 2. The van der Waals surface area contributed by atoms with Crippen molar-refractivity contribution in [3.63, 3.8) is 0 Å². The molecule has 0 saturated carbocycles. The zero-order valence-electron chi connectivity index (χ0n) is 10.2. The number of carbonyl (C=O) groups is 1. The van der Waals surface area contributed by atoms with E-state index in [4.69, 9.17) is 10.5 Å². The van der Waals surface area contributed by atoms with Crippen molar-refractivity contribution in [2.24, 2.45) is 0 Å². The quantitative estimate of drug-likeness (QED) is 0.772. The van der Waals surface area contributed by atoms with Crippen molar-refractivity contribution in [2.45, 2.75) is 26.9 Å². The van der Waals surface area contributed by atoms with Crippen LogP contribution in [-0.2, 0) is 0 Å². The van der Waals surface area contributed by atoms with Crippen LogP contribution in [0.5, 0.6) is 5.75 Å². The van der Waals surface area contributed by atoms with Crippen LogP contribution >= 0.6 is 11.3 Å². The third kappa shape index (κ3) is 3.33. The Morgan fingerprint density at radius 2 is 2.24 bits per heavy atom. The summed E-state index contributed by atoms with van der Waals surface area (Å²) in [6.45, 7) is 4.85. The molecule has 0 aliphatic heterocycles. The Bertz CT molecular complexity index is 404. The summed E-state index contributed by atoms with van der Waals surface area (Å²) in [5.41, 5.74) is 6.19. The van der Waals surface area contributed by atoms with Crippen molar-refractivity contribution in [3.8, 4) is 5.75 Å². The summed E-state index contributed by atoms with van der Waals surface area (Å²) in [5.74, 6) is 0.332. The zero-order chi connectivity index (χ0) is 13.0. The van der Waals surface area contributed by atoms with Gasteiger partial charge in [-0.05, 0) is 13.8 Å². The van der Waals surface area contributed by atoms with Crippen molar-refractivity contribution in [1.29, 1.82) is 0 Å². The van der Waals surface area contributed by atoms with E-state index in [0.29, 0.717) is 21.3 Å². The molecule has 0 bridgehead atoms. The molecule has 4 nitrogen and oxygen atoms in total. The molecule has 0 radical (unpaired) electrons. The van der Waals surface area contributed by atoms with Gasteiger partial charge in [-0.2, -0.15) is 0 Å².